The molecule has 2 heterocycles. The quantitative estimate of drug-likeness (QED) is 0.103. The Morgan fingerprint density at radius 1 is 0.610 bits per heavy atom. The summed E-state index contributed by atoms with van der Waals surface area (Å²) in [5.74, 6) is -3.08. The second-order valence-corrected chi connectivity index (χ2v) is 13.3. The van der Waals surface area contributed by atoms with Crippen molar-refractivity contribution in [2.24, 2.45) is 20.5 Å². The molecular weight excluding hydrogens is 832 g/mol. The monoisotopic (exact) mass is 859 g/mol. The van der Waals surface area contributed by atoms with Crippen LogP contribution in [0.4, 0.5) is 22.7 Å². The molecule has 0 spiro atoms. The summed E-state index contributed by atoms with van der Waals surface area (Å²) in [6.07, 6.45) is 0. The molecule has 17 nitrogen and oxygen atoms in total. The van der Waals surface area contributed by atoms with Gasteiger partial charge in [-0.3, -0.25) is 24.3 Å². The molecule has 2 aromatic heterocycles. The average Bonchev–Trinajstić information content (AvgIpc) is 3.70. The third-order valence-corrected chi connectivity index (χ3v) is 8.97. The first-order chi connectivity index (χ1) is 27.3. The Labute approximate surface area is 367 Å². The second-order valence-electron chi connectivity index (χ2n) is 11.9. The molecule has 0 aliphatic rings. The van der Waals surface area contributed by atoms with Crippen molar-refractivity contribution in [1.82, 2.24) is 19.6 Å². The van der Waals surface area contributed by atoms with Crippen molar-refractivity contribution in [2.45, 2.75) is 11.8 Å². The summed E-state index contributed by atoms with van der Waals surface area (Å²) in [6.45, 7) is 1.59. The Bertz CT molecular complexity index is 2900. The first-order valence-electron chi connectivity index (χ1n) is 16.6. The number of nitrogens with zero attached hydrogens (tertiary/aromatic N) is 6. The summed E-state index contributed by atoms with van der Waals surface area (Å²) in [4.78, 5) is 47.5. The molecule has 0 saturated carbocycles. The number of carbonyl (C=O) groups excluding carboxylic acids is 2. The Balaban J connectivity index is 0.000000252. The topological polar surface area (TPSA) is 260 Å². The fraction of sp³-hybridized carbons (Fsp3) is 0.0256. The molecule has 0 amide bonds. The van der Waals surface area contributed by atoms with Gasteiger partial charge in [-0.05, 0) is 55.5 Å². The number of hydrogen-bond acceptors (Lipinski definition) is 12. The number of para-hydroxylation sites is 2. The van der Waals surface area contributed by atoms with Gasteiger partial charge in [-0.1, -0.05) is 84.9 Å². The van der Waals surface area contributed by atoms with E-state index in [0.717, 1.165) is 17.7 Å². The van der Waals surface area contributed by atoms with E-state index in [-0.39, 0.29) is 75.2 Å². The van der Waals surface area contributed by atoms with Gasteiger partial charge < -0.3 is 19.8 Å². The van der Waals surface area contributed by atoms with Gasteiger partial charge in [0, 0.05) is 16.7 Å². The summed E-state index contributed by atoms with van der Waals surface area (Å²) in [5.41, 5.74) is 1.14. The number of carbonyl (C=O) groups is 2. The smallest absolute Gasteiger partial charge is 0.545 e. The van der Waals surface area contributed by atoms with E-state index in [2.05, 4.69) is 30.7 Å². The Morgan fingerprint density at radius 3 is 1.61 bits per heavy atom. The molecule has 5 aromatic carbocycles. The van der Waals surface area contributed by atoms with Gasteiger partial charge in [-0.2, -0.15) is 8.42 Å². The summed E-state index contributed by atoms with van der Waals surface area (Å²) >= 11 is 0. The molecule has 3 N–H and O–H groups in total. The summed E-state index contributed by atoms with van der Waals surface area (Å²) in [5, 5.41) is 44.2. The normalized spacial score (nSPS) is 11.0. The van der Waals surface area contributed by atoms with Crippen molar-refractivity contribution in [3.05, 3.63) is 171 Å². The van der Waals surface area contributed by atoms with Gasteiger partial charge in [-0.25, -0.2) is 9.36 Å². The minimum absolute atomic E-state index is 0. The van der Waals surface area contributed by atoms with E-state index in [1.54, 1.807) is 61.5 Å². The van der Waals surface area contributed by atoms with Crippen LogP contribution in [0.2, 0.25) is 0 Å². The molecular formula is C39H28CrN8NaO9S+2. The van der Waals surface area contributed by atoms with Crippen molar-refractivity contribution in [1.29, 1.82) is 0 Å². The van der Waals surface area contributed by atoms with Crippen LogP contribution in [0.15, 0.2) is 168 Å². The first-order valence-corrected chi connectivity index (χ1v) is 18.1. The number of aromatic amines is 2. The molecule has 59 heavy (non-hydrogen) atoms. The predicted molar refractivity (Wildman–Crippen MR) is 203 cm³/mol. The number of carboxylic acid groups (broad SMARTS) is 2. The van der Waals surface area contributed by atoms with Gasteiger partial charge >= 0.3 is 46.9 Å². The Morgan fingerprint density at radius 2 is 1.07 bits per heavy atom. The van der Waals surface area contributed by atoms with Crippen LogP contribution in [-0.4, -0.2) is 44.5 Å². The largest absolute Gasteiger partial charge is 3.00 e. The molecule has 0 bridgehead atoms. The zero-order valence-corrected chi connectivity index (χ0v) is 35.0. The summed E-state index contributed by atoms with van der Waals surface area (Å²) < 4.78 is 34.0. The fourth-order valence-electron chi connectivity index (χ4n) is 5.37. The number of rotatable bonds is 10. The molecule has 289 valence electrons. The number of azo groups is 2. The predicted octanol–water partition coefficient (Wildman–Crippen LogP) is 2.11. The van der Waals surface area contributed by atoms with E-state index in [9.17, 15) is 37.8 Å². The number of H-pyrrole nitrogens is 2. The molecule has 0 saturated heterocycles. The van der Waals surface area contributed by atoms with Crippen molar-refractivity contribution in [3.63, 3.8) is 0 Å². The molecule has 0 unspecified atom stereocenters. The molecule has 7 rings (SSSR count). The van der Waals surface area contributed by atoms with Crippen LogP contribution in [0.1, 0.15) is 26.4 Å². The third kappa shape index (κ3) is 10.6. The number of hydrogen-bond donors (Lipinski definition) is 3. The zero-order valence-electron chi connectivity index (χ0n) is 30.9. The number of carboxylic acids is 2. The van der Waals surface area contributed by atoms with Crippen LogP contribution in [0.3, 0.4) is 0 Å². The van der Waals surface area contributed by atoms with Crippen molar-refractivity contribution < 1.29 is 79.7 Å². The molecule has 0 fully saturated rings. The van der Waals surface area contributed by atoms with Crippen LogP contribution in [0.25, 0.3) is 22.6 Å². The molecule has 0 aliphatic heterocycles. The second kappa shape index (κ2) is 19.9. The van der Waals surface area contributed by atoms with Crippen LogP contribution in [-0.2, 0) is 27.5 Å². The number of aryl methyl sites for hydroxylation is 1. The summed E-state index contributed by atoms with van der Waals surface area (Å²) in [7, 11) is -4.61. The third-order valence-electron chi connectivity index (χ3n) is 8.12. The molecule has 1 radical (unpaired) electrons. The van der Waals surface area contributed by atoms with E-state index in [1.165, 1.54) is 21.5 Å². The van der Waals surface area contributed by atoms with Gasteiger partial charge in [0.25, 0.3) is 21.2 Å². The number of aromatic carboxylic acids is 2. The van der Waals surface area contributed by atoms with Crippen LogP contribution >= 0.6 is 0 Å². The standard InChI is InChI=1S/C22H16N4O3.C17H14N4O6S.Cr.Na/c27-21-20(24-23-18-14-8-7-13-17(18)22(28)29)19(15-9-3-1-4-10-15)25-26(21)16-11-5-2-6-12-16;1-10-15(16(22)21(20-10)11-5-3-2-4-6-11)19-18-14-8-7-12(28(25,26)27)9-13(14)17(23)24;;/h1-14,25H,(H,28,29);2-9,20H,1H3,(H,23,24)(H,25,26,27);;/q;;+3;+1/p-2. The maximum Gasteiger partial charge on any atom is 3.00 e. The molecule has 0 atom stereocenters. The van der Waals surface area contributed by atoms with Gasteiger partial charge in [0.15, 0.2) is 11.4 Å². The number of aromatic nitrogens is 4. The van der Waals surface area contributed by atoms with E-state index < -0.39 is 43.6 Å². The van der Waals surface area contributed by atoms with Crippen molar-refractivity contribution in [3.8, 4) is 22.6 Å². The van der Waals surface area contributed by atoms with Crippen LogP contribution < -0.4 is 50.9 Å². The maximum absolute atomic E-state index is 13.1. The number of benzene rings is 5. The Kier molecular flexibility index (Phi) is 15.3. The van der Waals surface area contributed by atoms with Crippen LogP contribution in [0, 0.1) is 6.92 Å². The minimum Gasteiger partial charge on any atom is -0.545 e. The van der Waals surface area contributed by atoms with Crippen molar-refractivity contribution in [2.75, 3.05) is 0 Å². The van der Waals surface area contributed by atoms with Gasteiger partial charge in [0.1, 0.15) is 0 Å². The van der Waals surface area contributed by atoms with Gasteiger partial charge in [-0.15, -0.1) is 20.5 Å². The summed E-state index contributed by atoms with van der Waals surface area (Å²) in [6, 6.07) is 35.8. The zero-order chi connectivity index (χ0) is 40.7. The minimum atomic E-state index is -4.61. The van der Waals surface area contributed by atoms with Crippen molar-refractivity contribution >= 4 is 44.8 Å². The molecule has 20 heteroatoms. The van der Waals surface area contributed by atoms with Crippen LogP contribution in [0.5, 0.6) is 0 Å². The van der Waals surface area contributed by atoms with Gasteiger partial charge in [0.2, 0.25) is 0 Å². The maximum atomic E-state index is 13.1. The molecule has 7 aromatic rings. The van der Waals surface area contributed by atoms with E-state index >= 15 is 0 Å². The average molecular weight is 860 g/mol. The fourth-order valence-corrected chi connectivity index (χ4v) is 5.87. The number of nitrogens with one attached hydrogen (secondary N) is 2. The first kappa shape index (κ1) is 45.4. The molecule has 0 aliphatic carbocycles. The van der Waals surface area contributed by atoms with Gasteiger partial charge in [0.05, 0.1) is 51.0 Å². The Hall–Kier alpha value is -6.30. The van der Waals surface area contributed by atoms with E-state index in [0.29, 0.717) is 28.8 Å². The van der Waals surface area contributed by atoms with E-state index in [1.807, 2.05) is 48.5 Å². The van der Waals surface area contributed by atoms with E-state index in [4.69, 9.17) is 4.55 Å². The SMILES string of the molecule is Cc1[nH]n(-c2ccccc2)c(=O)c1N=Nc1ccc(S(=O)(=O)O)cc1C(=O)[O-].O=C([O-])c1ccccc1N=Nc1c(-c2ccccc2)[nH]n(-c2ccccc2)c1=O.[Cr+3].[Na+].